The summed E-state index contributed by atoms with van der Waals surface area (Å²) >= 11 is 6.87. The minimum Gasteiger partial charge on any atom is -0.481 e. The van der Waals surface area contributed by atoms with Gasteiger partial charge in [-0.05, 0) is 52.6 Å². The average molecular weight is 559 g/mol. The van der Waals surface area contributed by atoms with Crippen LogP contribution in [-0.4, -0.2) is 83.9 Å². The van der Waals surface area contributed by atoms with Crippen LogP contribution in [0.1, 0.15) is 19.8 Å². The number of halogens is 1. The fourth-order valence-corrected chi connectivity index (χ4v) is 8.21. The molecule has 0 bridgehead atoms. The maximum atomic E-state index is 11.6. The molecular weight excluding hydrogens is 523 g/mol. The summed E-state index contributed by atoms with van der Waals surface area (Å²) in [4.78, 5) is 21.2. The first-order chi connectivity index (χ1) is 18.4. The molecule has 8 atom stereocenters. The summed E-state index contributed by atoms with van der Waals surface area (Å²) in [5.41, 5.74) is 2.30. The van der Waals surface area contributed by atoms with E-state index in [1.807, 2.05) is 13.0 Å². The number of aliphatic carboxylic acids is 1. The molecule has 0 aromatic carbocycles. The van der Waals surface area contributed by atoms with Crippen LogP contribution in [0.4, 0.5) is 0 Å². The molecule has 2 N–H and O–H groups in total. The molecule has 6 rings (SSSR count). The number of nitrogens with zero attached hydrogens (tertiary/aromatic N) is 3. The quantitative estimate of drug-likeness (QED) is 0.380. The predicted octanol–water partition coefficient (Wildman–Crippen LogP) is 3.70. The highest BCUT2D eigenvalue weighted by atomic mass is 35.5. The number of carboxylic acid groups (broad SMARTS) is 1. The molecule has 0 aromatic rings. The van der Waals surface area contributed by atoms with Crippen molar-refractivity contribution in [1.29, 1.82) is 0 Å². The van der Waals surface area contributed by atoms with Crippen LogP contribution in [0.5, 0.6) is 0 Å². The van der Waals surface area contributed by atoms with E-state index in [2.05, 4.69) is 52.5 Å². The second kappa shape index (κ2) is 10.8. The van der Waals surface area contributed by atoms with Crippen LogP contribution in [0.25, 0.3) is 0 Å². The highest BCUT2D eigenvalue weighted by Crippen LogP contribution is 2.46. The van der Waals surface area contributed by atoms with Gasteiger partial charge in [-0.15, -0.1) is 11.6 Å². The number of morpholine rings is 1. The molecule has 0 spiro atoms. The molecule has 10 heteroatoms. The Balaban J connectivity index is 1.08. The highest BCUT2D eigenvalue weighted by molar-refractivity contribution is 7.44. The maximum Gasteiger partial charge on any atom is 0.306 e. The SMILES string of the molecule is CC(C(=O)O)C1CN(C)C2C=C(OC3NC4=C(CC(Cl)C(C5C=CC(N6CCOCC6)=CC5)=N4)P3)C=CC12. The van der Waals surface area contributed by atoms with E-state index in [9.17, 15) is 9.90 Å². The number of aliphatic imine (C=N–C) groups is 1. The molecule has 8 nitrogen and oxygen atoms in total. The van der Waals surface area contributed by atoms with Crippen molar-refractivity contribution in [1.82, 2.24) is 15.1 Å². The number of likely N-dealkylation sites (tertiary alicyclic amines) is 1. The lowest BCUT2D eigenvalue weighted by molar-refractivity contribution is -0.143. The second-order valence-corrected chi connectivity index (χ2v) is 12.9. The Labute approximate surface area is 230 Å². The van der Waals surface area contributed by atoms with Gasteiger partial charge < -0.3 is 24.8 Å². The molecule has 4 heterocycles. The van der Waals surface area contributed by atoms with Gasteiger partial charge in [0.05, 0.1) is 24.5 Å². The molecule has 204 valence electrons. The van der Waals surface area contributed by atoms with Crippen molar-refractivity contribution in [2.24, 2.45) is 28.7 Å². The number of alkyl halides is 1. The van der Waals surface area contributed by atoms with Crippen LogP contribution in [0, 0.1) is 23.7 Å². The van der Waals surface area contributed by atoms with Crippen molar-refractivity contribution in [3.05, 3.63) is 59.0 Å². The van der Waals surface area contributed by atoms with E-state index in [1.54, 1.807) is 0 Å². The highest BCUT2D eigenvalue weighted by Gasteiger charge is 2.44. The van der Waals surface area contributed by atoms with E-state index in [0.717, 1.165) is 63.0 Å². The summed E-state index contributed by atoms with van der Waals surface area (Å²) in [7, 11) is 2.52. The molecule has 8 unspecified atom stereocenters. The van der Waals surface area contributed by atoms with Crippen LogP contribution >= 0.6 is 20.2 Å². The number of nitrogens with one attached hydrogen (secondary N) is 1. The van der Waals surface area contributed by atoms with E-state index >= 15 is 0 Å². The molecule has 4 aliphatic heterocycles. The molecule has 0 radical (unpaired) electrons. The van der Waals surface area contributed by atoms with Gasteiger partial charge in [0.2, 0.25) is 0 Å². The minimum atomic E-state index is -0.730. The summed E-state index contributed by atoms with van der Waals surface area (Å²) in [5.74, 6) is 0.978. The van der Waals surface area contributed by atoms with E-state index in [4.69, 9.17) is 26.1 Å². The summed E-state index contributed by atoms with van der Waals surface area (Å²) < 4.78 is 11.9. The zero-order chi connectivity index (χ0) is 26.4. The van der Waals surface area contributed by atoms with Gasteiger partial charge in [-0.25, -0.2) is 4.99 Å². The Kier molecular flexibility index (Phi) is 7.43. The Morgan fingerprint density at radius 3 is 2.87 bits per heavy atom. The number of carboxylic acids is 1. The Morgan fingerprint density at radius 1 is 1.32 bits per heavy atom. The van der Waals surface area contributed by atoms with Crippen LogP contribution in [0.2, 0.25) is 0 Å². The van der Waals surface area contributed by atoms with Crippen molar-refractivity contribution in [2.75, 3.05) is 39.9 Å². The fourth-order valence-electron chi connectivity index (χ4n) is 6.41. The Bertz CT molecular complexity index is 1160. The van der Waals surface area contributed by atoms with Gasteiger partial charge in [-0.2, -0.15) is 0 Å². The number of hydrogen-bond acceptors (Lipinski definition) is 7. The number of allylic oxidation sites excluding steroid dienone is 5. The van der Waals surface area contributed by atoms with Gasteiger partial charge in [-0.3, -0.25) is 9.69 Å². The molecular formula is C28H36ClN4O4P. The first-order valence-corrected chi connectivity index (χ1v) is 15.1. The number of likely N-dealkylation sites (N-methyl/N-ethyl adjacent to an activating group) is 1. The topological polar surface area (TPSA) is 86.6 Å². The lowest BCUT2D eigenvalue weighted by Crippen LogP contribution is -2.36. The van der Waals surface area contributed by atoms with Crippen LogP contribution in [0.3, 0.4) is 0 Å². The number of ether oxygens (including phenoxy) is 2. The number of carbonyl (C=O) groups is 1. The summed E-state index contributed by atoms with van der Waals surface area (Å²) in [6.07, 6.45) is 14.8. The van der Waals surface area contributed by atoms with Crippen LogP contribution < -0.4 is 5.32 Å². The normalized spacial score (nSPS) is 36.3. The monoisotopic (exact) mass is 558 g/mol. The third-order valence-electron chi connectivity index (χ3n) is 8.64. The standard InChI is InChI=1S/C28H36ClN4O4P/c1-16(27(34)35)21-15-32(2)23-13-19(7-8-20(21)23)37-28-31-26-24(38-28)14-22(29)25(30-26)17-3-5-18(6-4-17)33-9-11-36-12-10-33/h3,5-8,13,16-17,20-23,28,31,38H,4,9-12,14-15H2,1-2H3,(H,34,35). The molecule has 0 amide bonds. The van der Waals surface area contributed by atoms with Crippen molar-refractivity contribution in [3.63, 3.8) is 0 Å². The van der Waals surface area contributed by atoms with Gasteiger partial charge in [0.25, 0.3) is 0 Å². The zero-order valence-electron chi connectivity index (χ0n) is 21.8. The Hall–Kier alpha value is -2.12. The minimum absolute atomic E-state index is 0.0963. The zero-order valence-corrected chi connectivity index (χ0v) is 23.6. The first kappa shape index (κ1) is 26.1. The van der Waals surface area contributed by atoms with E-state index in [0.29, 0.717) is 8.58 Å². The molecule has 0 aromatic heterocycles. The van der Waals surface area contributed by atoms with Crippen LogP contribution in [-0.2, 0) is 14.3 Å². The average Bonchev–Trinajstić information content (AvgIpc) is 3.47. The number of hydrogen-bond donors (Lipinski definition) is 2. The fraction of sp³-hybridized carbons (Fsp3) is 0.571. The largest absolute Gasteiger partial charge is 0.481 e. The van der Waals surface area contributed by atoms with Crippen molar-refractivity contribution >= 4 is 31.9 Å². The van der Waals surface area contributed by atoms with Gasteiger partial charge >= 0.3 is 5.97 Å². The van der Waals surface area contributed by atoms with Crippen molar-refractivity contribution in [2.45, 2.75) is 37.2 Å². The summed E-state index contributed by atoms with van der Waals surface area (Å²) in [5, 5.41) is 14.2. The molecule has 0 saturated carbocycles. The lowest BCUT2D eigenvalue weighted by atomic mass is 9.80. The first-order valence-electron chi connectivity index (χ1n) is 13.6. The molecule has 6 aliphatic rings. The molecule has 38 heavy (non-hydrogen) atoms. The van der Waals surface area contributed by atoms with Crippen molar-refractivity contribution < 1.29 is 19.4 Å². The smallest absolute Gasteiger partial charge is 0.306 e. The van der Waals surface area contributed by atoms with E-state index in [1.165, 1.54) is 11.0 Å². The lowest BCUT2D eigenvalue weighted by Gasteiger charge is -2.32. The molecule has 2 fully saturated rings. The third kappa shape index (κ3) is 5.08. The third-order valence-corrected chi connectivity index (χ3v) is 10.3. The second-order valence-electron chi connectivity index (χ2n) is 11.0. The summed E-state index contributed by atoms with van der Waals surface area (Å²) in [6, 6.07) is 0.152. The molecule has 2 aliphatic carbocycles. The van der Waals surface area contributed by atoms with Crippen LogP contribution in [0.15, 0.2) is 64.0 Å². The van der Waals surface area contributed by atoms with Gasteiger partial charge in [0.1, 0.15) is 11.6 Å². The number of rotatable bonds is 6. The predicted molar refractivity (Wildman–Crippen MR) is 150 cm³/mol. The van der Waals surface area contributed by atoms with E-state index in [-0.39, 0.29) is 41.1 Å². The van der Waals surface area contributed by atoms with Gasteiger partial charge in [0.15, 0.2) is 5.97 Å². The number of fused-ring (bicyclic) bond motifs is 1. The maximum absolute atomic E-state index is 11.6. The van der Waals surface area contributed by atoms with Crippen molar-refractivity contribution in [3.8, 4) is 0 Å². The molecule has 2 saturated heterocycles. The van der Waals surface area contributed by atoms with Gasteiger partial charge in [0, 0.05) is 54.2 Å². The summed E-state index contributed by atoms with van der Waals surface area (Å²) in [6.45, 7) is 6.03. The Morgan fingerprint density at radius 2 is 2.13 bits per heavy atom. The van der Waals surface area contributed by atoms with E-state index < -0.39 is 5.97 Å². The van der Waals surface area contributed by atoms with Gasteiger partial charge in [-0.1, -0.05) is 25.2 Å².